The number of rotatable bonds is 5. The van der Waals surface area contributed by atoms with Crippen LogP contribution in [0.15, 0.2) is 16.7 Å². The Bertz CT molecular complexity index is 601. The van der Waals surface area contributed by atoms with Crippen molar-refractivity contribution in [2.75, 3.05) is 18.1 Å². The third-order valence-electron chi connectivity index (χ3n) is 2.72. The van der Waals surface area contributed by atoms with Crippen molar-refractivity contribution in [2.24, 2.45) is 0 Å². The number of aromatic nitrogens is 1. The Morgan fingerprint density at radius 2 is 2.11 bits per heavy atom. The van der Waals surface area contributed by atoms with Gasteiger partial charge >= 0.3 is 5.69 Å². The molecule has 0 aliphatic rings. The van der Waals surface area contributed by atoms with Gasteiger partial charge in [-0.2, -0.15) is 0 Å². The Morgan fingerprint density at radius 1 is 1.53 bits per heavy atom. The van der Waals surface area contributed by atoms with E-state index in [1.165, 1.54) is 12.3 Å². The zero-order valence-corrected chi connectivity index (χ0v) is 13.1. The van der Waals surface area contributed by atoms with E-state index in [2.05, 4.69) is 26.2 Å². The zero-order valence-electron chi connectivity index (χ0n) is 10.7. The molecular weight excluding hydrogens is 338 g/mol. The third-order valence-corrected chi connectivity index (χ3v) is 5.30. The van der Waals surface area contributed by atoms with Gasteiger partial charge in [-0.3, -0.25) is 10.1 Å². The number of halogens is 1. The van der Waals surface area contributed by atoms with Crippen LogP contribution in [-0.2, 0) is 9.84 Å². The number of pyridine rings is 1. The monoisotopic (exact) mass is 351 g/mol. The molecule has 0 atom stereocenters. The molecule has 106 valence electrons. The van der Waals surface area contributed by atoms with Gasteiger partial charge in [-0.05, 0) is 29.8 Å². The highest BCUT2D eigenvalue weighted by atomic mass is 79.9. The average Bonchev–Trinajstić information content (AvgIpc) is 2.25. The zero-order chi connectivity index (χ0) is 14.8. The molecule has 0 aliphatic heterocycles. The SMILES string of the molecule is CC(C)(CNc1ncc(Br)cc1[N+](=O)[O-])S(C)(=O)=O. The minimum Gasteiger partial charge on any atom is -0.363 e. The van der Waals surface area contributed by atoms with E-state index in [4.69, 9.17) is 0 Å². The van der Waals surface area contributed by atoms with Crippen LogP contribution >= 0.6 is 15.9 Å². The topological polar surface area (TPSA) is 102 Å². The van der Waals surface area contributed by atoms with Crippen molar-refractivity contribution >= 4 is 37.3 Å². The minimum absolute atomic E-state index is 0.0291. The van der Waals surface area contributed by atoms with Gasteiger partial charge in [-0.1, -0.05) is 0 Å². The Balaban J connectivity index is 2.99. The number of nitrogens with one attached hydrogen (secondary N) is 1. The molecule has 7 nitrogen and oxygen atoms in total. The van der Waals surface area contributed by atoms with Crippen molar-refractivity contribution in [1.29, 1.82) is 0 Å². The Labute approximate surface area is 119 Å². The van der Waals surface area contributed by atoms with E-state index in [-0.39, 0.29) is 18.1 Å². The molecule has 9 heteroatoms. The summed E-state index contributed by atoms with van der Waals surface area (Å²) in [6.45, 7) is 3.11. The normalized spacial score (nSPS) is 12.2. The number of sulfone groups is 1. The molecule has 0 aliphatic carbocycles. The van der Waals surface area contributed by atoms with Crippen molar-refractivity contribution in [3.63, 3.8) is 0 Å². The maximum absolute atomic E-state index is 11.5. The fraction of sp³-hybridized carbons (Fsp3) is 0.500. The van der Waals surface area contributed by atoms with Gasteiger partial charge in [0.25, 0.3) is 0 Å². The molecule has 0 radical (unpaired) electrons. The van der Waals surface area contributed by atoms with Crippen molar-refractivity contribution in [2.45, 2.75) is 18.6 Å². The molecule has 0 saturated heterocycles. The van der Waals surface area contributed by atoms with E-state index in [1.807, 2.05) is 0 Å². The average molecular weight is 352 g/mol. The van der Waals surface area contributed by atoms with Crippen LogP contribution in [0.2, 0.25) is 0 Å². The van der Waals surface area contributed by atoms with Crippen molar-refractivity contribution in [3.8, 4) is 0 Å². The predicted octanol–water partition coefficient (Wildman–Crippen LogP) is 1.99. The number of nitrogens with zero attached hydrogens (tertiary/aromatic N) is 2. The lowest BCUT2D eigenvalue weighted by atomic mass is 10.2. The van der Waals surface area contributed by atoms with Crippen LogP contribution < -0.4 is 5.32 Å². The fourth-order valence-corrected chi connectivity index (χ4v) is 1.79. The standard InChI is InChI=1S/C10H14BrN3O4S/c1-10(2,19(3,17)18)6-13-9-8(14(15)16)4-7(11)5-12-9/h4-5H,6H2,1-3H3,(H,12,13). The second-order valence-electron chi connectivity index (χ2n) is 4.66. The number of hydrogen-bond donors (Lipinski definition) is 1. The van der Waals surface area contributed by atoms with Gasteiger partial charge in [0.2, 0.25) is 5.82 Å². The molecule has 0 saturated carbocycles. The third kappa shape index (κ3) is 3.87. The Kier molecular flexibility index (Phi) is 4.51. The molecule has 0 spiro atoms. The summed E-state index contributed by atoms with van der Waals surface area (Å²) in [7, 11) is -3.28. The second kappa shape index (κ2) is 5.41. The van der Waals surface area contributed by atoms with E-state index in [0.717, 1.165) is 6.26 Å². The van der Waals surface area contributed by atoms with Crippen LogP contribution in [0.3, 0.4) is 0 Å². The molecule has 0 fully saturated rings. The van der Waals surface area contributed by atoms with E-state index < -0.39 is 19.5 Å². The lowest BCUT2D eigenvalue weighted by Crippen LogP contribution is -2.38. The van der Waals surface area contributed by atoms with Gasteiger partial charge in [0.05, 0.1) is 9.67 Å². The molecule has 1 N–H and O–H groups in total. The van der Waals surface area contributed by atoms with Crippen molar-refractivity contribution in [3.05, 3.63) is 26.9 Å². The Hall–Kier alpha value is -1.22. The molecule has 1 rings (SSSR count). The van der Waals surface area contributed by atoms with E-state index in [1.54, 1.807) is 13.8 Å². The maximum Gasteiger partial charge on any atom is 0.312 e. The quantitative estimate of drug-likeness (QED) is 0.642. The first kappa shape index (κ1) is 15.8. The first-order valence-electron chi connectivity index (χ1n) is 5.28. The van der Waals surface area contributed by atoms with Crippen molar-refractivity contribution in [1.82, 2.24) is 4.98 Å². The lowest BCUT2D eigenvalue weighted by Gasteiger charge is -2.22. The minimum atomic E-state index is -3.28. The highest BCUT2D eigenvalue weighted by molar-refractivity contribution is 9.10. The van der Waals surface area contributed by atoms with E-state index in [9.17, 15) is 18.5 Å². The number of anilines is 1. The first-order chi connectivity index (χ1) is 8.54. The second-order valence-corrected chi connectivity index (χ2v) is 8.23. The summed E-state index contributed by atoms with van der Waals surface area (Å²) in [5.74, 6) is 0.0462. The van der Waals surface area contributed by atoms with Gasteiger partial charge < -0.3 is 5.32 Å². The molecule has 1 aromatic rings. The van der Waals surface area contributed by atoms with Crippen LogP contribution in [0.5, 0.6) is 0 Å². The number of nitro groups is 1. The number of hydrogen-bond acceptors (Lipinski definition) is 6. The summed E-state index contributed by atoms with van der Waals surface area (Å²) in [6, 6.07) is 1.31. The smallest absolute Gasteiger partial charge is 0.312 e. The molecule has 0 unspecified atom stereocenters. The summed E-state index contributed by atoms with van der Waals surface area (Å²) in [5.41, 5.74) is -0.210. The summed E-state index contributed by atoms with van der Waals surface area (Å²) >= 11 is 3.10. The summed E-state index contributed by atoms with van der Waals surface area (Å²) in [6.07, 6.45) is 2.53. The van der Waals surface area contributed by atoms with E-state index in [0.29, 0.717) is 4.47 Å². The molecule has 0 bridgehead atoms. The molecular formula is C10H14BrN3O4S. The lowest BCUT2D eigenvalue weighted by molar-refractivity contribution is -0.384. The predicted molar refractivity (Wildman–Crippen MR) is 76.0 cm³/mol. The van der Waals surface area contributed by atoms with Crippen LogP contribution in [-0.4, -0.2) is 35.9 Å². The molecule has 1 heterocycles. The largest absolute Gasteiger partial charge is 0.363 e. The summed E-state index contributed by atoms with van der Waals surface area (Å²) < 4.78 is 22.5. The summed E-state index contributed by atoms with van der Waals surface area (Å²) in [4.78, 5) is 14.2. The van der Waals surface area contributed by atoms with E-state index >= 15 is 0 Å². The molecule has 19 heavy (non-hydrogen) atoms. The van der Waals surface area contributed by atoms with Crippen LogP contribution in [0.25, 0.3) is 0 Å². The fourth-order valence-electron chi connectivity index (χ4n) is 1.13. The van der Waals surface area contributed by atoms with Crippen LogP contribution in [0, 0.1) is 10.1 Å². The van der Waals surface area contributed by atoms with Gasteiger partial charge in [0, 0.05) is 29.5 Å². The highest BCUT2D eigenvalue weighted by Crippen LogP contribution is 2.26. The highest BCUT2D eigenvalue weighted by Gasteiger charge is 2.31. The van der Waals surface area contributed by atoms with Gasteiger partial charge in [-0.25, -0.2) is 13.4 Å². The summed E-state index contributed by atoms with van der Waals surface area (Å²) in [5, 5.41) is 13.6. The van der Waals surface area contributed by atoms with Crippen LogP contribution in [0.4, 0.5) is 11.5 Å². The van der Waals surface area contributed by atoms with Gasteiger partial charge in [0.15, 0.2) is 9.84 Å². The molecule has 1 aromatic heterocycles. The van der Waals surface area contributed by atoms with Gasteiger partial charge in [0.1, 0.15) is 0 Å². The van der Waals surface area contributed by atoms with Crippen LogP contribution in [0.1, 0.15) is 13.8 Å². The molecule has 0 amide bonds. The first-order valence-corrected chi connectivity index (χ1v) is 7.96. The van der Waals surface area contributed by atoms with Gasteiger partial charge in [-0.15, -0.1) is 0 Å². The maximum atomic E-state index is 11.5. The Morgan fingerprint density at radius 3 is 2.58 bits per heavy atom. The van der Waals surface area contributed by atoms with Crippen molar-refractivity contribution < 1.29 is 13.3 Å². The molecule has 0 aromatic carbocycles.